The minimum atomic E-state index is -4.21. The molecule has 0 bridgehead atoms. The van der Waals surface area contributed by atoms with E-state index in [0.717, 1.165) is 11.4 Å². The standard InChI is InChI=1S/C20H23NO7S/c1-5-28-20(23)16-8-6-7-9-17(16)21(13-19(22)27-4)29(24,25)15-10-11-18(26-3)14(2)12-15/h6-12H,5,13H2,1-4H3. The average molecular weight is 421 g/mol. The Morgan fingerprint density at radius 2 is 1.76 bits per heavy atom. The Labute approximate surface area is 170 Å². The van der Waals surface area contributed by atoms with Gasteiger partial charge in [0.1, 0.15) is 12.3 Å². The molecule has 29 heavy (non-hydrogen) atoms. The molecule has 2 aromatic carbocycles. The van der Waals surface area contributed by atoms with Crippen LogP contribution in [0.1, 0.15) is 22.8 Å². The summed E-state index contributed by atoms with van der Waals surface area (Å²) in [4.78, 5) is 24.3. The van der Waals surface area contributed by atoms with Crippen molar-refractivity contribution in [2.45, 2.75) is 18.7 Å². The van der Waals surface area contributed by atoms with Crippen molar-refractivity contribution in [3.05, 3.63) is 53.6 Å². The minimum absolute atomic E-state index is 0.0184. The molecule has 0 unspecified atom stereocenters. The summed E-state index contributed by atoms with van der Waals surface area (Å²) >= 11 is 0. The third kappa shape index (κ3) is 4.86. The van der Waals surface area contributed by atoms with Gasteiger partial charge in [-0.3, -0.25) is 9.10 Å². The molecule has 9 heteroatoms. The topological polar surface area (TPSA) is 99.2 Å². The highest BCUT2D eigenvalue weighted by molar-refractivity contribution is 7.92. The first-order chi connectivity index (χ1) is 13.8. The van der Waals surface area contributed by atoms with Crippen molar-refractivity contribution in [1.82, 2.24) is 0 Å². The van der Waals surface area contributed by atoms with E-state index in [1.165, 1.54) is 37.4 Å². The molecule has 0 aliphatic rings. The van der Waals surface area contributed by atoms with Gasteiger partial charge >= 0.3 is 11.9 Å². The smallest absolute Gasteiger partial charge is 0.340 e. The van der Waals surface area contributed by atoms with Crippen molar-refractivity contribution < 1.29 is 32.2 Å². The molecule has 0 aliphatic carbocycles. The third-order valence-corrected chi connectivity index (χ3v) is 5.88. The summed E-state index contributed by atoms with van der Waals surface area (Å²) in [5.74, 6) is -0.952. The van der Waals surface area contributed by atoms with E-state index in [4.69, 9.17) is 9.47 Å². The number of hydrogen-bond donors (Lipinski definition) is 0. The van der Waals surface area contributed by atoms with Crippen LogP contribution in [0.25, 0.3) is 0 Å². The molecule has 0 heterocycles. The van der Waals surface area contributed by atoms with Crippen LogP contribution >= 0.6 is 0 Å². The fraction of sp³-hybridized carbons (Fsp3) is 0.300. The first-order valence-electron chi connectivity index (χ1n) is 8.76. The molecule has 2 rings (SSSR count). The Bertz CT molecular complexity index is 1000. The van der Waals surface area contributed by atoms with Crippen molar-refractivity contribution in [3.8, 4) is 5.75 Å². The maximum absolute atomic E-state index is 13.4. The van der Waals surface area contributed by atoms with Crippen molar-refractivity contribution in [2.24, 2.45) is 0 Å². The second-order valence-electron chi connectivity index (χ2n) is 5.96. The van der Waals surface area contributed by atoms with Gasteiger partial charge in [-0.1, -0.05) is 12.1 Å². The number of carbonyl (C=O) groups excluding carboxylic acids is 2. The van der Waals surface area contributed by atoms with Crippen molar-refractivity contribution >= 4 is 27.6 Å². The predicted molar refractivity (Wildman–Crippen MR) is 107 cm³/mol. The number of anilines is 1. The Hall–Kier alpha value is -3.07. The van der Waals surface area contributed by atoms with Crippen LogP contribution < -0.4 is 9.04 Å². The highest BCUT2D eigenvalue weighted by Crippen LogP contribution is 2.30. The number of rotatable bonds is 8. The molecule has 0 fully saturated rings. The number of para-hydroxylation sites is 1. The van der Waals surface area contributed by atoms with Crippen LogP contribution in [0.3, 0.4) is 0 Å². The Balaban J connectivity index is 2.64. The lowest BCUT2D eigenvalue weighted by Crippen LogP contribution is -2.37. The average Bonchev–Trinajstić information content (AvgIpc) is 2.71. The van der Waals surface area contributed by atoms with E-state index < -0.39 is 28.5 Å². The zero-order chi connectivity index (χ0) is 21.6. The number of carbonyl (C=O) groups is 2. The Morgan fingerprint density at radius 3 is 2.34 bits per heavy atom. The fourth-order valence-electron chi connectivity index (χ4n) is 2.69. The van der Waals surface area contributed by atoms with Crippen LogP contribution in [0.15, 0.2) is 47.4 Å². The van der Waals surface area contributed by atoms with E-state index in [0.29, 0.717) is 11.3 Å². The lowest BCUT2D eigenvalue weighted by Gasteiger charge is -2.25. The zero-order valence-corrected chi connectivity index (χ0v) is 17.5. The van der Waals surface area contributed by atoms with Crippen LogP contribution in [0.2, 0.25) is 0 Å². The summed E-state index contributed by atoms with van der Waals surface area (Å²) in [6.45, 7) is 2.85. The first-order valence-corrected chi connectivity index (χ1v) is 10.2. The molecule has 0 aliphatic heterocycles. The number of hydrogen-bond acceptors (Lipinski definition) is 7. The second kappa shape index (κ2) is 9.42. The number of sulfonamides is 1. The number of methoxy groups -OCH3 is 2. The van der Waals surface area contributed by atoms with Crippen LogP contribution in [0, 0.1) is 6.92 Å². The van der Waals surface area contributed by atoms with Gasteiger partial charge in [0.15, 0.2) is 0 Å². The highest BCUT2D eigenvalue weighted by Gasteiger charge is 2.31. The quantitative estimate of drug-likeness (QED) is 0.604. The molecule has 0 saturated carbocycles. The molecule has 8 nitrogen and oxygen atoms in total. The monoisotopic (exact) mass is 421 g/mol. The van der Waals surface area contributed by atoms with Crippen LogP contribution in [-0.2, 0) is 24.3 Å². The van der Waals surface area contributed by atoms with Gasteiger partial charge in [-0.25, -0.2) is 13.2 Å². The number of benzene rings is 2. The van der Waals surface area contributed by atoms with Gasteiger partial charge in [-0.15, -0.1) is 0 Å². The minimum Gasteiger partial charge on any atom is -0.496 e. The van der Waals surface area contributed by atoms with Gasteiger partial charge in [-0.2, -0.15) is 0 Å². The van der Waals surface area contributed by atoms with Gasteiger partial charge in [0, 0.05) is 0 Å². The number of esters is 2. The SMILES string of the molecule is CCOC(=O)c1ccccc1N(CC(=O)OC)S(=O)(=O)c1ccc(OC)c(C)c1. The molecule has 0 saturated heterocycles. The summed E-state index contributed by atoms with van der Waals surface area (Å²) in [7, 11) is -1.57. The summed E-state index contributed by atoms with van der Waals surface area (Å²) in [5, 5.41) is 0. The number of nitrogens with zero attached hydrogens (tertiary/aromatic N) is 1. The van der Waals surface area contributed by atoms with Crippen molar-refractivity contribution in [2.75, 3.05) is 31.7 Å². The molecule has 156 valence electrons. The van der Waals surface area contributed by atoms with Crippen LogP contribution in [-0.4, -0.2) is 47.7 Å². The lowest BCUT2D eigenvalue weighted by atomic mass is 10.2. The Kier molecular flexibility index (Phi) is 7.22. The van der Waals surface area contributed by atoms with Crippen molar-refractivity contribution in [1.29, 1.82) is 0 Å². The van der Waals surface area contributed by atoms with E-state index in [1.807, 2.05) is 0 Å². The number of ether oxygens (including phenoxy) is 3. The predicted octanol–water partition coefficient (Wildman–Crippen LogP) is 2.55. The van der Waals surface area contributed by atoms with E-state index in [-0.39, 0.29) is 22.8 Å². The van der Waals surface area contributed by atoms with Gasteiger partial charge in [0.2, 0.25) is 0 Å². The van der Waals surface area contributed by atoms with E-state index in [9.17, 15) is 18.0 Å². The summed E-state index contributed by atoms with van der Waals surface area (Å²) in [6, 6.07) is 10.3. The van der Waals surface area contributed by atoms with E-state index >= 15 is 0 Å². The Morgan fingerprint density at radius 1 is 1.07 bits per heavy atom. The molecule has 0 radical (unpaired) electrons. The molecular formula is C20H23NO7S. The maximum atomic E-state index is 13.4. The number of aryl methyl sites for hydroxylation is 1. The van der Waals surface area contributed by atoms with Gasteiger partial charge < -0.3 is 14.2 Å². The summed E-state index contributed by atoms with van der Waals surface area (Å²) in [5.41, 5.74) is 0.641. The largest absolute Gasteiger partial charge is 0.496 e. The second-order valence-corrected chi connectivity index (χ2v) is 7.82. The van der Waals surface area contributed by atoms with Crippen LogP contribution in [0.5, 0.6) is 5.75 Å². The van der Waals surface area contributed by atoms with Crippen LogP contribution in [0.4, 0.5) is 5.69 Å². The van der Waals surface area contributed by atoms with E-state index in [2.05, 4.69) is 4.74 Å². The fourth-order valence-corrected chi connectivity index (χ4v) is 4.21. The molecule has 0 aromatic heterocycles. The van der Waals surface area contributed by atoms with Gasteiger partial charge in [-0.05, 0) is 49.7 Å². The molecule has 0 atom stereocenters. The van der Waals surface area contributed by atoms with Gasteiger partial charge in [0.05, 0.1) is 37.0 Å². The molecule has 0 amide bonds. The first kappa shape index (κ1) is 22.2. The zero-order valence-electron chi connectivity index (χ0n) is 16.7. The summed E-state index contributed by atoms with van der Waals surface area (Å²) < 4.78 is 42.5. The third-order valence-electron chi connectivity index (χ3n) is 4.12. The maximum Gasteiger partial charge on any atom is 0.340 e. The normalized spacial score (nSPS) is 10.9. The molecule has 0 spiro atoms. The van der Waals surface area contributed by atoms with Gasteiger partial charge in [0.25, 0.3) is 10.0 Å². The molecule has 2 aromatic rings. The lowest BCUT2D eigenvalue weighted by molar-refractivity contribution is -0.138. The summed E-state index contributed by atoms with van der Waals surface area (Å²) in [6.07, 6.45) is 0. The highest BCUT2D eigenvalue weighted by atomic mass is 32.2. The van der Waals surface area contributed by atoms with Crippen molar-refractivity contribution in [3.63, 3.8) is 0 Å². The molecular weight excluding hydrogens is 398 g/mol. The van der Waals surface area contributed by atoms with E-state index in [1.54, 1.807) is 26.0 Å². The molecule has 0 N–H and O–H groups in total.